The van der Waals surface area contributed by atoms with E-state index in [2.05, 4.69) is 22.2 Å². The van der Waals surface area contributed by atoms with Gasteiger partial charge in [-0.3, -0.25) is 4.79 Å². The van der Waals surface area contributed by atoms with Crippen molar-refractivity contribution in [3.63, 3.8) is 0 Å². The van der Waals surface area contributed by atoms with Crippen LogP contribution in [0.1, 0.15) is 37.1 Å². The maximum absolute atomic E-state index is 11.8. The van der Waals surface area contributed by atoms with Gasteiger partial charge in [-0.1, -0.05) is 13.3 Å². The zero-order valence-electron chi connectivity index (χ0n) is 10.0. The number of benzene rings is 1. The van der Waals surface area contributed by atoms with Crippen LogP contribution >= 0.6 is 0 Å². The number of imidazole rings is 1. The van der Waals surface area contributed by atoms with Crippen LogP contribution in [-0.4, -0.2) is 15.9 Å². The van der Waals surface area contributed by atoms with Crippen LogP contribution < -0.4 is 5.32 Å². The predicted molar refractivity (Wildman–Crippen MR) is 67.1 cm³/mol. The Balaban J connectivity index is 2.15. The van der Waals surface area contributed by atoms with Crippen molar-refractivity contribution in [2.45, 2.75) is 32.6 Å². The SMILES string of the molecule is CCCC1C(=O)Nc2cc3[nH]c(C)nc3cc21. The van der Waals surface area contributed by atoms with Crippen molar-refractivity contribution < 1.29 is 4.79 Å². The smallest absolute Gasteiger partial charge is 0.232 e. The number of aryl methyl sites for hydroxylation is 1. The second-order valence-electron chi connectivity index (χ2n) is 4.61. The minimum absolute atomic E-state index is 0.00333. The van der Waals surface area contributed by atoms with Gasteiger partial charge in [0.1, 0.15) is 5.82 Å². The first-order valence-corrected chi connectivity index (χ1v) is 6.00. The molecule has 0 bridgehead atoms. The van der Waals surface area contributed by atoms with E-state index in [1.807, 2.05) is 19.1 Å². The molecule has 2 aromatic rings. The molecule has 3 rings (SSSR count). The van der Waals surface area contributed by atoms with Crippen molar-refractivity contribution >= 4 is 22.6 Å². The molecule has 4 nitrogen and oxygen atoms in total. The van der Waals surface area contributed by atoms with Gasteiger partial charge in [0.05, 0.1) is 17.0 Å². The molecule has 17 heavy (non-hydrogen) atoms. The van der Waals surface area contributed by atoms with E-state index in [9.17, 15) is 4.79 Å². The summed E-state index contributed by atoms with van der Waals surface area (Å²) >= 11 is 0. The Kier molecular flexibility index (Phi) is 2.18. The van der Waals surface area contributed by atoms with Crippen molar-refractivity contribution in [3.05, 3.63) is 23.5 Å². The third-order valence-electron chi connectivity index (χ3n) is 3.30. The van der Waals surface area contributed by atoms with E-state index in [0.717, 1.165) is 41.0 Å². The van der Waals surface area contributed by atoms with Crippen molar-refractivity contribution in [2.24, 2.45) is 0 Å². The Morgan fingerprint density at radius 1 is 1.41 bits per heavy atom. The van der Waals surface area contributed by atoms with Gasteiger partial charge in [0.25, 0.3) is 0 Å². The molecule has 0 aliphatic carbocycles. The second kappa shape index (κ2) is 3.58. The molecule has 1 unspecified atom stereocenters. The Labute approximate surface area is 99.4 Å². The number of anilines is 1. The normalized spacial score (nSPS) is 18.5. The molecule has 1 aliphatic rings. The van der Waals surface area contributed by atoms with E-state index in [4.69, 9.17) is 0 Å². The summed E-state index contributed by atoms with van der Waals surface area (Å²) < 4.78 is 0. The Bertz CT molecular complexity index is 600. The summed E-state index contributed by atoms with van der Waals surface area (Å²) in [4.78, 5) is 19.5. The summed E-state index contributed by atoms with van der Waals surface area (Å²) in [5.74, 6) is 1.02. The van der Waals surface area contributed by atoms with Crippen molar-refractivity contribution in [1.29, 1.82) is 0 Å². The summed E-state index contributed by atoms with van der Waals surface area (Å²) in [5, 5.41) is 2.95. The highest BCUT2D eigenvalue weighted by molar-refractivity contribution is 6.05. The number of carbonyl (C=O) groups is 1. The topological polar surface area (TPSA) is 57.8 Å². The van der Waals surface area contributed by atoms with Crippen LogP contribution in [-0.2, 0) is 4.79 Å². The number of carbonyl (C=O) groups excluding carboxylic acids is 1. The third kappa shape index (κ3) is 1.52. The van der Waals surface area contributed by atoms with Gasteiger partial charge in [-0.25, -0.2) is 4.98 Å². The van der Waals surface area contributed by atoms with Crippen LogP contribution in [0.4, 0.5) is 5.69 Å². The lowest BCUT2D eigenvalue weighted by atomic mass is 9.96. The van der Waals surface area contributed by atoms with E-state index in [-0.39, 0.29) is 11.8 Å². The van der Waals surface area contributed by atoms with Gasteiger partial charge in [-0.05, 0) is 31.0 Å². The van der Waals surface area contributed by atoms with Crippen LogP contribution in [0.3, 0.4) is 0 Å². The Morgan fingerprint density at radius 2 is 2.24 bits per heavy atom. The van der Waals surface area contributed by atoms with E-state index in [1.54, 1.807) is 0 Å². The number of aromatic nitrogens is 2. The molecule has 1 aromatic heterocycles. The number of hydrogen-bond acceptors (Lipinski definition) is 2. The number of amides is 1. The number of H-pyrrole nitrogens is 1. The predicted octanol–water partition coefficient (Wildman–Crippen LogP) is 2.71. The lowest BCUT2D eigenvalue weighted by Gasteiger charge is -2.05. The first-order chi connectivity index (χ1) is 8.19. The van der Waals surface area contributed by atoms with Crippen LogP contribution in [0.15, 0.2) is 12.1 Å². The van der Waals surface area contributed by atoms with Crippen LogP contribution in [0.2, 0.25) is 0 Å². The largest absolute Gasteiger partial charge is 0.342 e. The molecule has 0 spiro atoms. The molecule has 1 atom stereocenters. The summed E-state index contributed by atoms with van der Waals surface area (Å²) in [7, 11) is 0. The van der Waals surface area contributed by atoms with E-state index >= 15 is 0 Å². The highest BCUT2D eigenvalue weighted by Crippen LogP contribution is 2.37. The zero-order valence-corrected chi connectivity index (χ0v) is 10.0. The fourth-order valence-electron chi connectivity index (χ4n) is 2.53. The van der Waals surface area contributed by atoms with Gasteiger partial charge >= 0.3 is 0 Å². The molecule has 2 heterocycles. The molecule has 0 radical (unpaired) electrons. The molecule has 2 N–H and O–H groups in total. The lowest BCUT2D eigenvalue weighted by molar-refractivity contribution is -0.117. The Morgan fingerprint density at radius 3 is 3.00 bits per heavy atom. The second-order valence-corrected chi connectivity index (χ2v) is 4.61. The van der Waals surface area contributed by atoms with Crippen LogP contribution in [0.5, 0.6) is 0 Å². The van der Waals surface area contributed by atoms with Gasteiger partial charge in [0.15, 0.2) is 0 Å². The summed E-state index contributed by atoms with van der Waals surface area (Å²) in [6.07, 6.45) is 1.91. The minimum atomic E-state index is -0.00333. The molecular formula is C13H15N3O. The monoisotopic (exact) mass is 229 g/mol. The average molecular weight is 229 g/mol. The van der Waals surface area contributed by atoms with Crippen molar-refractivity contribution in [1.82, 2.24) is 9.97 Å². The highest BCUT2D eigenvalue weighted by atomic mass is 16.2. The number of nitrogens with zero attached hydrogens (tertiary/aromatic N) is 1. The third-order valence-corrected chi connectivity index (χ3v) is 3.30. The molecule has 1 aromatic carbocycles. The standard InChI is InChI=1S/C13H15N3O/c1-3-4-8-9-5-11-12(15-7(2)14-11)6-10(9)16-13(8)17/h5-6,8H,3-4H2,1-2H3,(H,14,15)(H,16,17). The van der Waals surface area contributed by atoms with Gasteiger partial charge in [-0.15, -0.1) is 0 Å². The number of aromatic amines is 1. The molecule has 88 valence electrons. The maximum Gasteiger partial charge on any atom is 0.232 e. The summed E-state index contributed by atoms with van der Waals surface area (Å²) in [6, 6.07) is 4.02. The molecule has 0 saturated heterocycles. The Hall–Kier alpha value is -1.84. The van der Waals surface area contributed by atoms with Crippen LogP contribution in [0.25, 0.3) is 11.0 Å². The first-order valence-electron chi connectivity index (χ1n) is 6.00. The summed E-state index contributed by atoms with van der Waals surface area (Å²) in [5.41, 5.74) is 3.96. The molecule has 1 amide bonds. The van der Waals surface area contributed by atoms with E-state index in [0.29, 0.717) is 0 Å². The zero-order chi connectivity index (χ0) is 12.0. The number of fused-ring (bicyclic) bond motifs is 2. The molecular weight excluding hydrogens is 214 g/mol. The number of rotatable bonds is 2. The van der Waals surface area contributed by atoms with Crippen molar-refractivity contribution in [3.8, 4) is 0 Å². The quantitative estimate of drug-likeness (QED) is 0.831. The molecule has 0 saturated carbocycles. The fourth-order valence-corrected chi connectivity index (χ4v) is 2.53. The summed E-state index contributed by atoms with van der Waals surface area (Å²) in [6.45, 7) is 4.04. The van der Waals surface area contributed by atoms with Gasteiger partial charge in [0, 0.05) is 5.69 Å². The lowest BCUT2D eigenvalue weighted by Crippen LogP contribution is -2.11. The first kappa shape index (κ1) is 10.3. The highest BCUT2D eigenvalue weighted by Gasteiger charge is 2.30. The molecule has 0 fully saturated rings. The van der Waals surface area contributed by atoms with Gasteiger partial charge in [0.2, 0.25) is 5.91 Å². The average Bonchev–Trinajstić information content (AvgIpc) is 2.76. The van der Waals surface area contributed by atoms with E-state index in [1.165, 1.54) is 0 Å². The minimum Gasteiger partial charge on any atom is -0.342 e. The number of hydrogen-bond donors (Lipinski definition) is 2. The fraction of sp³-hybridized carbons (Fsp3) is 0.385. The molecule has 4 heteroatoms. The number of nitrogens with one attached hydrogen (secondary N) is 2. The van der Waals surface area contributed by atoms with E-state index < -0.39 is 0 Å². The van der Waals surface area contributed by atoms with Gasteiger partial charge < -0.3 is 10.3 Å². The maximum atomic E-state index is 11.8. The van der Waals surface area contributed by atoms with Crippen molar-refractivity contribution in [2.75, 3.05) is 5.32 Å². The van der Waals surface area contributed by atoms with Gasteiger partial charge in [-0.2, -0.15) is 0 Å². The molecule has 1 aliphatic heterocycles. The van der Waals surface area contributed by atoms with Crippen LogP contribution in [0, 0.1) is 6.92 Å².